The van der Waals surface area contributed by atoms with Gasteiger partial charge in [-0.15, -0.1) is 0 Å². The molecule has 21 heavy (non-hydrogen) atoms. The first-order valence-corrected chi connectivity index (χ1v) is 7.29. The van der Waals surface area contributed by atoms with Crippen molar-refractivity contribution in [1.82, 2.24) is 0 Å². The van der Waals surface area contributed by atoms with Gasteiger partial charge in [-0.05, 0) is 36.6 Å². The second kappa shape index (κ2) is 5.93. The van der Waals surface area contributed by atoms with Gasteiger partial charge in [0.2, 0.25) is 0 Å². The van der Waals surface area contributed by atoms with Crippen LogP contribution in [-0.2, 0) is 10.4 Å². The number of hydrogen-bond donors (Lipinski definition) is 1. The number of carbonyl (C=O) groups is 1. The van der Waals surface area contributed by atoms with Crippen LogP contribution in [0.4, 0.5) is 13.2 Å². The van der Waals surface area contributed by atoms with Crippen LogP contribution >= 0.6 is 15.9 Å². The fraction of sp³-hybridized carbons (Fsp3) is 0.400. The van der Waals surface area contributed by atoms with Gasteiger partial charge in [-0.3, -0.25) is 4.79 Å². The first kappa shape index (κ1) is 16.2. The molecule has 0 unspecified atom stereocenters. The SMILES string of the molecule is O=C1C=C(C[C@@](O)(c2ccc(Br)cc2)C(F)(F)F)CCC1. The molecule has 1 aliphatic rings. The molecule has 1 N–H and O–H groups in total. The molecule has 0 bridgehead atoms. The molecule has 0 radical (unpaired) electrons. The van der Waals surface area contributed by atoms with Crippen LogP contribution in [0, 0.1) is 0 Å². The Morgan fingerprint density at radius 3 is 2.29 bits per heavy atom. The summed E-state index contributed by atoms with van der Waals surface area (Å²) in [6.07, 6.45) is -2.91. The molecule has 0 amide bonds. The highest BCUT2D eigenvalue weighted by molar-refractivity contribution is 9.10. The van der Waals surface area contributed by atoms with Gasteiger partial charge in [0.25, 0.3) is 0 Å². The zero-order valence-electron chi connectivity index (χ0n) is 11.1. The summed E-state index contributed by atoms with van der Waals surface area (Å²) < 4.78 is 40.7. The van der Waals surface area contributed by atoms with Crippen LogP contribution in [0.25, 0.3) is 0 Å². The van der Waals surface area contributed by atoms with Gasteiger partial charge in [0, 0.05) is 17.3 Å². The number of alkyl halides is 3. The van der Waals surface area contributed by atoms with Crippen molar-refractivity contribution in [3.05, 3.63) is 46.0 Å². The van der Waals surface area contributed by atoms with Crippen molar-refractivity contribution in [2.24, 2.45) is 0 Å². The Bertz CT molecular complexity index is 563. The molecule has 0 heterocycles. The Morgan fingerprint density at radius 2 is 1.76 bits per heavy atom. The van der Waals surface area contributed by atoms with Crippen molar-refractivity contribution < 1.29 is 23.1 Å². The highest BCUT2D eigenvalue weighted by atomic mass is 79.9. The van der Waals surface area contributed by atoms with E-state index in [1.54, 1.807) is 0 Å². The molecule has 0 aromatic heterocycles. The Labute approximate surface area is 128 Å². The van der Waals surface area contributed by atoms with E-state index in [-0.39, 0.29) is 11.3 Å². The van der Waals surface area contributed by atoms with E-state index in [2.05, 4.69) is 15.9 Å². The van der Waals surface area contributed by atoms with E-state index in [9.17, 15) is 23.1 Å². The minimum absolute atomic E-state index is 0.184. The van der Waals surface area contributed by atoms with Gasteiger partial charge in [-0.1, -0.05) is 33.6 Å². The van der Waals surface area contributed by atoms with Gasteiger partial charge >= 0.3 is 6.18 Å². The Morgan fingerprint density at radius 1 is 1.14 bits per heavy atom. The van der Waals surface area contributed by atoms with E-state index in [0.29, 0.717) is 29.3 Å². The predicted molar refractivity (Wildman–Crippen MR) is 75.7 cm³/mol. The molecule has 1 aromatic carbocycles. The zero-order chi connectivity index (χ0) is 15.7. The van der Waals surface area contributed by atoms with Gasteiger partial charge in [-0.25, -0.2) is 0 Å². The number of benzene rings is 1. The maximum Gasteiger partial charge on any atom is 0.421 e. The molecule has 0 saturated heterocycles. The van der Waals surface area contributed by atoms with Crippen LogP contribution in [-0.4, -0.2) is 17.1 Å². The van der Waals surface area contributed by atoms with Crippen molar-refractivity contribution >= 4 is 21.7 Å². The third-order valence-electron chi connectivity index (χ3n) is 3.56. The Kier molecular flexibility index (Phi) is 4.58. The molecule has 1 atom stereocenters. The van der Waals surface area contributed by atoms with Gasteiger partial charge in [0.05, 0.1) is 0 Å². The molecule has 0 fully saturated rings. The van der Waals surface area contributed by atoms with Crippen LogP contribution in [0.1, 0.15) is 31.2 Å². The first-order chi connectivity index (χ1) is 9.72. The largest absolute Gasteiger partial charge is 0.421 e. The van der Waals surface area contributed by atoms with Gasteiger partial charge in [0.15, 0.2) is 11.4 Å². The molecular weight excluding hydrogens is 349 g/mol. The fourth-order valence-corrected chi connectivity index (χ4v) is 2.69. The zero-order valence-corrected chi connectivity index (χ0v) is 12.7. The molecule has 114 valence electrons. The standard InChI is InChI=1S/C15H14BrF3O2/c16-12-6-4-11(5-7-12)14(21,15(17,18)19)9-10-2-1-3-13(20)8-10/h4-8,21H,1-3,9H2/t14-/m1/s1. The number of rotatable bonds is 3. The van der Waals surface area contributed by atoms with E-state index in [4.69, 9.17) is 0 Å². The molecule has 2 nitrogen and oxygen atoms in total. The normalized spacial score (nSPS) is 19.1. The van der Waals surface area contributed by atoms with Crippen molar-refractivity contribution in [3.8, 4) is 0 Å². The van der Waals surface area contributed by atoms with Gasteiger partial charge in [0.1, 0.15) is 0 Å². The molecular formula is C15H14BrF3O2. The summed E-state index contributed by atoms with van der Waals surface area (Å²) in [6, 6.07) is 5.38. The Hall–Kier alpha value is -1.14. The van der Waals surface area contributed by atoms with Crippen LogP contribution in [0.3, 0.4) is 0 Å². The third kappa shape index (κ3) is 3.55. The van der Waals surface area contributed by atoms with Crippen LogP contribution < -0.4 is 0 Å². The van der Waals surface area contributed by atoms with Crippen molar-refractivity contribution in [2.45, 2.75) is 37.5 Å². The van der Waals surface area contributed by atoms with E-state index in [0.717, 1.165) is 0 Å². The topological polar surface area (TPSA) is 37.3 Å². The summed E-state index contributed by atoms with van der Waals surface area (Å²) in [5, 5.41) is 10.3. The summed E-state index contributed by atoms with van der Waals surface area (Å²) in [5.74, 6) is -0.184. The lowest BCUT2D eigenvalue weighted by atomic mass is 9.83. The number of carbonyl (C=O) groups excluding carboxylic acids is 1. The number of aliphatic hydroxyl groups is 1. The van der Waals surface area contributed by atoms with Crippen LogP contribution in [0.15, 0.2) is 40.4 Å². The number of ketones is 1. The molecule has 0 spiro atoms. The summed E-state index contributed by atoms with van der Waals surface area (Å²) in [7, 11) is 0. The smallest absolute Gasteiger partial charge is 0.376 e. The lowest BCUT2D eigenvalue weighted by Crippen LogP contribution is -2.42. The van der Waals surface area contributed by atoms with E-state index >= 15 is 0 Å². The second-order valence-electron chi connectivity index (χ2n) is 5.16. The fourth-order valence-electron chi connectivity index (χ4n) is 2.42. The van der Waals surface area contributed by atoms with Crippen LogP contribution in [0.5, 0.6) is 0 Å². The molecule has 1 aromatic rings. The maximum absolute atomic E-state index is 13.4. The maximum atomic E-state index is 13.4. The highest BCUT2D eigenvalue weighted by Gasteiger charge is 2.55. The van der Waals surface area contributed by atoms with Crippen molar-refractivity contribution in [2.75, 3.05) is 0 Å². The van der Waals surface area contributed by atoms with E-state index in [1.807, 2.05) is 0 Å². The van der Waals surface area contributed by atoms with Gasteiger partial charge in [-0.2, -0.15) is 13.2 Å². The lowest BCUT2D eigenvalue weighted by Gasteiger charge is -2.32. The minimum atomic E-state index is -4.82. The van der Waals surface area contributed by atoms with Crippen molar-refractivity contribution in [3.63, 3.8) is 0 Å². The quantitative estimate of drug-likeness (QED) is 0.871. The van der Waals surface area contributed by atoms with Crippen molar-refractivity contribution in [1.29, 1.82) is 0 Å². The average Bonchev–Trinajstić information content (AvgIpc) is 2.38. The number of allylic oxidation sites excluding steroid dienone is 1. The van der Waals surface area contributed by atoms with Gasteiger partial charge < -0.3 is 5.11 Å². The summed E-state index contributed by atoms with van der Waals surface area (Å²) in [5.41, 5.74) is -2.86. The van der Waals surface area contributed by atoms with Crippen LogP contribution in [0.2, 0.25) is 0 Å². The molecule has 2 rings (SSSR count). The second-order valence-corrected chi connectivity index (χ2v) is 6.08. The average molecular weight is 363 g/mol. The molecule has 1 aliphatic carbocycles. The molecule has 0 saturated carbocycles. The first-order valence-electron chi connectivity index (χ1n) is 6.50. The highest BCUT2D eigenvalue weighted by Crippen LogP contribution is 2.44. The summed E-state index contributed by atoms with van der Waals surface area (Å²) in [4.78, 5) is 11.3. The number of hydrogen-bond acceptors (Lipinski definition) is 2. The third-order valence-corrected chi connectivity index (χ3v) is 4.09. The summed E-state index contributed by atoms with van der Waals surface area (Å²) in [6.45, 7) is 0. The Balaban J connectivity index is 2.38. The monoisotopic (exact) mass is 362 g/mol. The molecule has 6 heteroatoms. The summed E-state index contributed by atoms with van der Waals surface area (Å²) >= 11 is 3.15. The molecule has 0 aliphatic heterocycles. The van der Waals surface area contributed by atoms with E-state index < -0.39 is 18.2 Å². The lowest BCUT2D eigenvalue weighted by molar-refractivity contribution is -0.266. The van der Waals surface area contributed by atoms with E-state index in [1.165, 1.54) is 30.3 Å². The number of halogens is 4. The minimum Gasteiger partial charge on any atom is -0.376 e. The predicted octanol–water partition coefficient (Wildman–Crippen LogP) is 4.27.